The molecule has 1 saturated carbocycles. The van der Waals surface area contributed by atoms with Gasteiger partial charge in [0.15, 0.2) is 0 Å². The Kier molecular flexibility index (Phi) is 5.60. The SMILES string of the molecule is CC(C)[C@@H]1CC[C@@H](C)C[C@H]1OC(=O)[C@@H]1[C@H](Sc2ccccn2)[C@@H]2C=C[C@H]1O2. The van der Waals surface area contributed by atoms with Gasteiger partial charge in [-0.05, 0) is 42.7 Å². The lowest BCUT2D eigenvalue weighted by Crippen LogP contribution is -2.41. The first-order valence-corrected chi connectivity index (χ1v) is 11.0. The molecule has 1 saturated heterocycles. The maximum atomic E-state index is 13.2. The fourth-order valence-corrected chi connectivity index (χ4v) is 5.98. The number of thioether (sulfide) groups is 1. The third-order valence-electron chi connectivity index (χ3n) is 6.23. The molecule has 2 bridgehead atoms. The molecule has 0 amide bonds. The Bertz CT molecular complexity index is 692. The van der Waals surface area contributed by atoms with Crippen molar-refractivity contribution < 1.29 is 14.3 Å². The van der Waals surface area contributed by atoms with Crippen molar-refractivity contribution in [3.05, 3.63) is 36.5 Å². The maximum Gasteiger partial charge on any atom is 0.313 e. The molecule has 0 spiro atoms. The molecule has 2 fully saturated rings. The van der Waals surface area contributed by atoms with Gasteiger partial charge in [-0.3, -0.25) is 4.79 Å². The Morgan fingerprint density at radius 1 is 1.26 bits per heavy atom. The first kappa shape index (κ1) is 19.0. The summed E-state index contributed by atoms with van der Waals surface area (Å²) in [5.74, 6) is 1.27. The van der Waals surface area contributed by atoms with Gasteiger partial charge in [-0.2, -0.15) is 0 Å². The molecule has 0 N–H and O–H groups in total. The number of carbonyl (C=O) groups is 1. The topological polar surface area (TPSA) is 48.4 Å². The monoisotopic (exact) mass is 387 g/mol. The van der Waals surface area contributed by atoms with Crippen LogP contribution in [0.4, 0.5) is 0 Å². The van der Waals surface area contributed by atoms with Crippen LogP contribution >= 0.6 is 11.8 Å². The third-order valence-corrected chi connectivity index (χ3v) is 7.55. The summed E-state index contributed by atoms with van der Waals surface area (Å²) in [6.45, 7) is 6.75. The second-order valence-electron chi connectivity index (χ2n) is 8.53. The highest BCUT2D eigenvalue weighted by Crippen LogP contribution is 2.45. The molecular formula is C22H29NO3S. The van der Waals surface area contributed by atoms with E-state index in [0.29, 0.717) is 17.8 Å². The van der Waals surface area contributed by atoms with E-state index in [-0.39, 0.29) is 35.4 Å². The van der Waals surface area contributed by atoms with Crippen molar-refractivity contribution in [2.45, 2.75) is 68.6 Å². The second-order valence-corrected chi connectivity index (χ2v) is 9.73. The van der Waals surface area contributed by atoms with E-state index in [4.69, 9.17) is 9.47 Å². The van der Waals surface area contributed by atoms with Crippen LogP contribution in [-0.4, -0.2) is 34.5 Å². The number of nitrogens with zero attached hydrogens (tertiary/aromatic N) is 1. The maximum absolute atomic E-state index is 13.2. The standard InChI is InChI=1S/C22H29NO3S/c1-13(2)15-8-7-14(3)12-18(15)26-22(24)20-16-9-10-17(25-16)21(20)27-19-6-4-5-11-23-19/h4-6,9-11,13-18,20-21H,7-8,12H2,1-3H3/t14-,15+,16-,17+,18-,20+,21-/m1/s1. The lowest BCUT2D eigenvalue weighted by Gasteiger charge is -2.37. The number of aromatic nitrogens is 1. The number of hydrogen-bond donors (Lipinski definition) is 0. The highest BCUT2D eigenvalue weighted by molar-refractivity contribution is 8.00. The van der Waals surface area contributed by atoms with Gasteiger partial charge in [0.2, 0.25) is 0 Å². The van der Waals surface area contributed by atoms with Crippen LogP contribution in [0.3, 0.4) is 0 Å². The van der Waals surface area contributed by atoms with Crippen molar-refractivity contribution in [1.29, 1.82) is 0 Å². The Morgan fingerprint density at radius 3 is 2.81 bits per heavy atom. The normalized spacial score (nSPS) is 37.7. The van der Waals surface area contributed by atoms with Gasteiger partial charge in [-0.1, -0.05) is 57.2 Å². The van der Waals surface area contributed by atoms with Crippen molar-refractivity contribution in [3.8, 4) is 0 Å². The fourth-order valence-electron chi connectivity index (χ4n) is 4.72. The molecule has 3 heterocycles. The Balaban J connectivity index is 1.48. The average Bonchev–Trinajstić information content (AvgIpc) is 3.24. The predicted octanol–water partition coefficient (Wildman–Crippen LogP) is 4.50. The summed E-state index contributed by atoms with van der Waals surface area (Å²) >= 11 is 1.63. The number of fused-ring (bicyclic) bond motifs is 2. The minimum atomic E-state index is -0.253. The number of esters is 1. The van der Waals surface area contributed by atoms with E-state index < -0.39 is 0 Å². The zero-order chi connectivity index (χ0) is 19.0. The summed E-state index contributed by atoms with van der Waals surface area (Å²) < 4.78 is 12.2. The molecule has 146 valence electrons. The number of pyridine rings is 1. The van der Waals surface area contributed by atoms with E-state index in [2.05, 4.69) is 31.8 Å². The van der Waals surface area contributed by atoms with Crippen LogP contribution in [0, 0.1) is 23.7 Å². The van der Waals surface area contributed by atoms with Gasteiger partial charge in [-0.25, -0.2) is 4.98 Å². The van der Waals surface area contributed by atoms with Crippen molar-refractivity contribution in [2.24, 2.45) is 23.7 Å². The summed E-state index contributed by atoms with van der Waals surface area (Å²) in [6.07, 6.45) is 9.08. The number of ether oxygens (including phenoxy) is 2. The summed E-state index contributed by atoms with van der Waals surface area (Å²) in [5, 5.41) is 0.956. The van der Waals surface area contributed by atoms with Gasteiger partial charge < -0.3 is 9.47 Å². The third kappa shape index (κ3) is 3.95. The van der Waals surface area contributed by atoms with Gasteiger partial charge in [0, 0.05) is 6.20 Å². The molecule has 2 aliphatic heterocycles. The van der Waals surface area contributed by atoms with Crippen LogP contribution in [0.1, 0.15) is 40.0 Å². The minimum absolute atomic E-state index is 0.0286. The second kappa shape index (κ2) is 7.96. The van der Waals surface area contributed by atoms with Gasteiger partial charge in [0.1, 0.15) is 12.0 Å². The summed E-state index contributed by atoms with van der Waals surface area (Å²) in [6, 6.07) is 5.87. The molecular weight excluding hydrogens is 358 g/mol. The summed E-state index contributed by atoms with van der Waals surface area (Å²) in [7, 11) is 0. The summed E-state index contributed by atoms with van der Waals surface area (Å²) in [5.41, 5.74) is 0. The first-order valence-electron chi connectivity index (χ1n) is 10.1. The summed E-state index contributed by atoms with van der Waals surface area (Å²) in [4.78, 5) is 17.6. The van der Waals surface area contributed by atoms with Crippen molar-refractivity contribution in [3.63, 3.8) is 0 Å². The average molecular weight is 388 g/mol. The van der Waals surface area contributed by atoms with Crippen LogP contribution in [0.15, 0.2) is 41.6 Å². The number of hydrogen-bond acceptors (Lipinski definition) is 5. The molecule has 4 rings (SSSR count). The molecule has 1 aromatic rings. The number of rotatable bonds is 5. The molecule has 0 radical (unpaired) electrons. The van der Waals surface area contributed by atoms with Crippen LogP contribution in [0.2, 0.25) is 0 Å². The van der Waals surface area contributed by atoms with Gasteiger partial charge in [-0.15, -0.1) is 0 Å². The van der Waals surface area contributed by atoms with Crippen molar-refractivity contribution >= 4 is 17.7 Å². The number of carbonyl (C=O) groups excluding carboxylic acids is 1. The van der Waals surface area contributed by atoms with Crippen LogP contribution in [0.25, 0.3) is 0 Å². The zero-order valence-electron chi connectivity index (χ0n) is 16.3. The molecule has 7 atom stereocenters. The molecule has 3 aliphatic rings. The molecule has 1 aliphatic carbocycles. The smallest absolute Gasteiger partial charge is 0.313 e. The van der Waals surface area contributed by atoms with Crippen molar-refractivity contribution in [1.82, 2.24) is 4.98 Å². The van der Waals surface area contributed by atoms with E-state index >= 15 is 0 Å². The van der Waals surface area contributed by atoms with Crippen LogP contribution in [-0.2, 0) is 14.3 Å². The zero-order valence-corrected chi connectivity index (χ0v) is 17.1. The molecule has 27 heavy (non-hydrogen) atoms. The van der Waals surface area contributed by atoms with Gasteiger partial charge >= 0.3 is 5.97 Å². The van der Waals surface area contributed by atoms with Crippen molar-refractivity contribution in [2.75, 3.05) is 0 Å². The molecule has 4 nitrogen and oxygen atoms in total. The van der Waals surface area contributed by atoms with E-state index in [0.717, 1.165) is 17.9 Å². The molecule has 0 unspecified atom stereocenters. The lowest BCUT2D eigenvalue weighted by atomic mass is 9.75. The van der Waals surface area contributed by atoms with E-state index in [1.165, 1.54) is 6.42 Å². The molecule has 1 aromatic heterocycles. The molecule has 5 heteroatoms. The largest absolute Gasteiger partial charge is 0.462 e. The van der Waals surface area contributed by atoms with Crippen LogP contribution < -0.4 is 0 Å². The first-order chi connectivity index (χ1) is 13.0. The molecule has 0 aromatic carbocycles. The highest BCUT2D eigenvalue weighted by atomic mass is 32.2. The van der Waals surface area contributed by atoms with Crippen LogP contribution in [0.5, 0.6) is 0 Å². The quantitative estimate of drug-likeness (QED) is 0.550. The predicted molar refractivity (Wildman–Crippen MR) is 106 cm³/mol. The van der Waals surface area contributed by atoms with Gasteiger partial charge in [0.25, 0.3) is 0 Å². The highest BCUT2D eigenvalue weighted by Gasteiger charge is 2.52. The minimum Gasteiger partial charge on any atom is -0.462 e. The Labute approximate surface area is 166 Å². The fraction of sp³-hybridized carbons (Fsp3) is 0.636. The lowest BCUT2D eigenvalue weighted by molar-refractivity contribution is -0.161. The van der Waals surface area contributed by atoms with Gasteiger partial charge in [0.05, 0.1) is 22.5 Å². The van der Waals surface area contributed by atoms with E-state index in [9.17, 15) is 4.79 Å². The van der Waals surface area contributed by atoms with E-state index in [1.807, 2.05) is 24.3 Å². The van der Waals surface area contributed by atoms with E-state index in [1.54, 1.807) is 18.0 Å². The Morgan fingerprint density at radius 2 is 2.07 bits per heavy atom. The Hall–Kier alpha value is -1.33.